The van der Waals surface area contributed by atoms with Crippen LogP contribution in [0.1, 0.15) is 29.8 Å². The van der Waals surface area contributed by atoms with Crippen LogP contribution >= 0.6 is 31.9 Å². The highest BCUT2D eigenvalue weighted by molar-refractivity contribution is 9.10. The average Bonchev–Trinajstić information content (AvgIpc) is 3.44. The van der Waals surface area contributed by atoms with Gasteiger partial charge in [0.15, 0.2) is 6.20 Å². The van der Waals surface area contributed by atoms with E-state index in [0.717, 1.165) is 0 Å². The zero-order valence-electron chi connectivity index (χ0n) is 17.5. The lowest BCUT2D eigenvalue weighted by molar-refractivity contribution is -0.390. The van der Waals surface area contributed by atoms with E-state index in [9.17, 15) is 19.6 Å². The van der Waals surface area contributed by atoms with E-state index < -0.39 is 22.7 Å². The van der Waals surface area contributed by atoms with Crippen molar-refractivity contribution < 1.29 is 19.2 Å². The molecule has 0 radical (unpaired) electrons. The van der Waals surface area contributed by atoms with Gasteiger partial charge in [0, 0.05) is 23.7 Å². The number of rotatable bonds is 8. The minimum absolute atomic E-state index is 0.0932. The molecule has 1 N–H and O–H groups in total. The van der Waals surface area contributed by atoms with Crippen molar-refractivity contribution in [2.24, 2.45) is 0 Å². The molecule has 34 heavy (non-hydrogen) atoms. The molecule has 0 amide bonds. The number of aliphatic hydroxyl groups is 1. The lowest BCUT2D eigenvalue weighted by atomic mass is 10.1. The quantitative estimate of drug-likeness (QED) is 0.237. The third-order valence-electron chi connectivity index (χ3n) is 4.88. The summed E-state index contributed by atoms with van der Waals surface area (Å²) < 4.78 is 23.9. The first-order valence-corrected chi connectivity index (χ1v) is 11.4. The Bertz CT molecular complexity index is 1360. The van der Waals surface area contributed by atoms with Gasteiger partial charge in [0.1, 0.15) is 23.1 Å². The van der Waals surface area contributed by atoms with Crippen LogP contribution in [0.2, 0.25) is 0 Å². The summed E-state index contributed by atoms with van der Waals surface area (Å²) in [6.07, 6.45) is 3.06. The first-order valence-electron chi connectivity index (χ1n) is 9.81. The fraction of sp³-hybridized carbons (Fsp3) is 0.200. The van der Waals surface area contributed by atoms with Gasteiger partial charge in [0.05, 0.1) is 28.2 Å². The number of pyridine rings is 1. The number of nitrogens with zero attached hydrogens (tertiary/aromatic N) is 7. The van der Waals surface area contributed by atoms with Crippen LogP contribution < -0.4 is 4.74 Å². The third-order valence-corrected chi connectivity index (χ3v) is 6.18. The fourth-order valence-corrected chi connectivity index (χ4v) is 4.23. The number of ether oxygens (including phenoxy) is 1. The van der Waals surface area contributed by atoms with Gasteiger partial charge >= 0.3 is 5.82 Å². The van der Waals surface area contributed by atoms with Crippen molar-refractivity contribution in [3.63, 3.8) is 0 Å². The van der Waals surface area contributed by atoms with Crippen LogP contribution in [-0.4, -0.2) is 39.8 Å². The molecule has 0 saturated carbocycles. The second kappa shape index (κ2) is 9.95. The Morgan fingerprint density at radius 2 is 2.06 bits per heavy atom. The van der Waals surface area contributed by atoms with Crippen molar-refractivity contribution in [3.05, 3.63) is 84.7 Å². The highest BCUT2D eigenvalue weighted by Gasteiger charge is 2.24. The van der Waals surface area contributed by atoms with Gasteiger partial charge < -0.3 is 20.0 Å². The summed E-state index contributed by atoms with van der Waals surface area (Å²) in [6.45, 7) is 2.27. The van der Waals surface area contributed by atoms with Crippen molar-refractivity contribution in [2.75, 3.05) is 0 Å². The number of aromatic nitrogens is 6. The van der Waals surface area contributed by atoms with Crippen molar-refractivity contribution in [1.82, 2.24) is 29.8 Å². The van der Waals surface area contributed by atoms with Crippen LogP contribution in [0, 0.1) is 15.9 Å². The molecular weight excluding hydrogens is 581 g/mol. The summed E-state index contributed by atoms with van der Waals surface area (Å²) in [6, 6.07) is 5.30. The summed E-state index contributed by atoms with van der Waals surface area (Å²) in [5.74, 6) is -1.11. The topological polar surface area (TPSA) is 134 Å². The number of hydrogen-bond acceptors (Lipinski definition) is 8. The predicted molar refractivity (Wildman–Crippen MR) is 124 cm³/mol. The molecule has 3 heterocycles. The van der Waals surface area contributed by atoms with E-state index in [-0.39, 0.29) is 12.4 Å². The van der Waals surface area contributed by atoms with E-state index >= 15 is 0 Å². The molecule has 14 heteroatoms. The largest absolute Gasteiger partial charge is 0.481 e. The average molecular weight is 597 g/mol. The number of halogens is 3. The van der Waals surface area contributed by atoms with Crippen molar-refractivity contribution >= 4 is 37.7 Å². The minimum Gasteiger partial charge on any atom is -0.481 e. The zero-order chi connectivity index (χ0) is 24.4. The second-order valence-electron chi connectivity index (χ2n) is 6.97. The summed E-state index contributed by atoms with van der Waals surface area (Å²) in [7, 11) is 0. The summed E-state index contributed by atoms with van der Waals surface area (Å²) in [5, 5.41) is 34.5. The Kier molecular flexibility index (Phi) is 7.00. The number of aliphatic hydroxyl groups excluding tert-OH is 1. The normalized spacial score (nSPS) is 12.0. The summed E-state index contributed by atoms with van der Waals surface area (Å²) >= 11 is 6.64. The Morgan fingerprint density at radius 1 is 1.26 bits per heavy atom. The standard InChI is InChI=1S/C20H16Br2FN7O4/c1-2-28-19(22)14(8-26-28)18(31)16-9-25-27-29(16)15-4-3-13(23)5-11(15)10-34-17-6-12(21)7-24-20(17)30(32)33/h3-9,18,31H,2,10H2,1H3. The molecule has 176 valence electrons. The summed E-state index contributed by atoms with van der Waals surface area (Å²) in [4.78, 5) is 14.4. The fourth-order valence-electron chi connectivity index (χ4n) is 3.25. The molecule has 1 aromatic carbocycles. The van der Waals surface area contributed by atoms with Crippen LogP contribution in [-0.2, 0) is 13.2 Å². The Balaban J connectivity index is 1.70. The second-order valence-corrected chi connectivity index (χ2v) is 8.64. The van der Waals surface area contributed by atoms with E-state index in [1.807, 2.05) is 6.92 Å². The molecular formula is C20H16Br2FN7O4. The SMILES string of the molecule is CCn1ncc(C(O)c2cnnn2-c2ccc(F)cc2COc2cc(Br)cnc2[N+](=O)[O-])c1Br. The highest BCUT2D eigenvalue weighted by atomic mass is 79.9. The highest BCUT2D eigenvalue weighted by Crippen LogP contribution is 2.31. The van der Waals surface area contributed by atoms with Gasteiger partial charge in [-0.2, -0.15) is 5.10 Å². The van der Waals surface area contributed by atoms with E-state index in [2.05, 4.69) is 52.3 Å². The molecule has 0 spiro atoms. The van der Waals surface area contributed by atoms with Crippen LogP contribution in [0.4, 0.5) is 10.2 Å². The molecule has 4 aromatic rings. The molecule has 0 saturated heterocycles. The van der Waals surface area contributed by atoms with Crippen LogP contribution in [0.15, 0.2) is 51.9 Å². The maximum absolute atomic E-state index is 14.1. The van der Waals surface area contributed by atoms with E-state index in [1.165, 1.54) is 47.5 Å². The number of benzene rings is 1. The van der Waals surface area contributed by atoms with Crippen molar-refractivity contribution in [1.29, 1.82) is 0 Å². The molecule has 0 aliphatic rings. The molecule has 3 aromatic heterocycles. The van der Waals surface area contributed by atoms with Crippen LogP contribution in [0.3, 0.4) is 0 Å². The van der Waals surface area contributed by atoms with Crippen LogP contribution in [0.25, 0.3) is 5.69 Å². The maximum atomic E-state index is 14.1. The molecule has 0 bridgehead atoms. The third kappa shape index (κ3) is 4.69. The molecule has 4 rings (SSSR count). The maximum Gasteiger partial charge on any atom is 0.406 e. The van der Waals surface area contributed by atoms with Gasteiger partial charge in [-0.25, -0.2) is 9.07 Å². The zero-order valence-corrected chi connectivity index (χ0v) is 20.6. The molecule has 0 fully saturated rings. The molecule has 1 atom stereocenters. The first kappa shape index (κ1) is 23.9. The van der Waals surface area contributed by atoms with Crippen molar-refractivity contribution in [3.8, 4) is 11.4 Å². The summed E-state index contributed by atoms with van der Waals surface area (Å²) in [5.41, 5.74) is 1.49. The Labute approximate surface area is 208 Å². The van der Waals surface area contributed by atoms with E-state index in [1.54, 1.807) is 4.68 Å². The molecule has 0 aliphatic heterocycles. The predicted octanol–water partition coefficient (Wildman–Crippen LogP) is 4.11. The van der Waals surface area contributed by atoms with Gasteiger partial charge in [-0.3, -0.25) is 4.68 Å². The van der Waals surface area contributed by atoms with Gasteiger partial charge in [-0.15, -0.1) is 5.10 Å². The molecule has 0 aliphatic carbocycles. The number of nitro groups is 1. The number of aryl methyl sites for hydroxylation is 1. The smallest absolute Gasteiger partial charge is 0.406 e. The van der Waals surface area contributed by atoms with Gasteiger partial charge in [-0.05, 0) is 66.9 Å². The van der Waals surface area contributed by atoms with E-state index in [0.29, 0.717) is 38.1 Å². The first-order chi connectivity index (χ1) is 16.3. The minimum atomic E-state index is -1.14. The molecule has 11 nitrogen and oxygen atoms in total. The van der Waals surface area contributed by atoms with Gasteiger partial charge in [-0.1, -0.05) is 5.21 Å². The lowest BCUT2D eigenvalue weighted by Gasteiger charge is -2.15. The number of hydrogen-bond donors (Lipinski definition) is 1. The van der Waals surface area contributed by atoms with E-state index in [4.69, 9.17) is 4.74 Å². The Morgan fingerprint density at radius 3 is 2.76 bits per heavy atom. The van der Waals surface area contributed by atoms with Gasteiger partial charge in [0.25, 0.3) is 0 Å². The monoisotopic (exact) mass is 595 g/mol. The van der Waals surface area contributed by atoms with Crippen molar-refractivity contribution in [2.45, 2.75) is 26.2 Å². The van der Waals surface area contributed by atoms with Gasteiger partial charge in [0.2, 0.25) is 5.75 Å². The van der Waals surface area contributed by atoms with Crippen LogP contribution in [0.5, 0.6) is 5.75 Å². The molecule has 1 unspecified atom stereocenters. The Hall–Kier alpha value is -3.23. The lowest BCUT2D eigenvalue weighted by Crippen LogP contribution is -2.12.